The fourth-order valence-corrected chi connectivity index (χ4v) is 4.83. The molecular weight excluding hydrogens is 448 g/mol. The van der Waals surface area contributed by atoms with Crippen molar-refractivity contribution in [3.05, 3.63) is 59.7 Å². The number of carboxylic acid groups (broad SMARTS) is 1. The lowest BCUT2D eigenvalue weighted by molar-refractivity contribution is -0.148. The summed E-state index contributed by atoms with van der Waals surface area (Å²) in [6, 6.07) is 14.0. The third kappa shape index (κ3) is 5.00. The first kappa shape index (κ1) is 24.3. The summed E-state index contributed by atoms with van der Waals surface area (Å²) >= 11 is 0. The summed E-state index contributed by atoms with van der Waals surface area (Å²) in [7, 11) is 1.48. The van der Waals surface area contributed by atoms with Crippen LogP contribution in [0, 0.1) is 11.8 Å². The van der Waals surface area contributed by atoms with Gasteiger partial charge < -0.3 is 24.8 Å². The maximum absolute atomic E-state index is 13.2. The van der Waals surface area contributed by atoms with E-state index in [1.54, 1.807) is 6.92 Å². The Labute approximate surface area is 204 Å². The molecule has 4 rings (SSSR count). The molecule has 0 aromatic heterocycles. The molecule has 1 saturated heterocycles. The average Bonchev–Trinajstić information content (AvgIpc) is 3.45. The third-order valence-corrected chi connectivity index (χ3v) is 6.58. The van der Waals surface area contributed by atoms with Crippen molar-refractivity contribution >= 4 is 18.0 Å². The average molecular weight is 477 g/mol. The van der Waals surface area contributed by atoms with Gasteiger partial charge in [0.1, 0.15) is 18.7 Å². The predicted molar refractivity (Wildman–Crippen MR) is 129 cm³/mol. The molecule has 1 heterocycles. The first-order valence-electron chi connectivity index (χ1n) is 11.5. The van der Waals surface area contributed by atoms with E-state index >= 15 is 0 Å². The van der Waals surface area contributed by atoms with Crippen molar-refractivity contribution in [1.82, 2.24) is 10.2 Å². The SMILES string of the molecule is CC#CCC(NC(=O)OCC1c2ccccc2-c2ccccc21)C(=O)N1CC(OC)CC1C(=O)O. The monoisotopic (exact) mass is 476 g/mol. The second-order valence-electron chi connectivity index (χ2n) is 8.59. The van der Waals surface area contributed by atoms with Crippen LogP contribution in [0.2, 0.25) is 0 Å². The first-order chi connectivity index (χ1) is 16.9. The summed E-state index contributed by atoms with van der Waals surface area (Å²) in [5.74, 6) is 3.77. The minimum Gasteiger partial charge on any atom is -0.480 e. The number of fused-ring (bicyclic) bond motifs is 3. The molecule has 0 radical (unpaired) electrons. The normalized spacial score (nSPS) is 19.2. The van der Waals surface area contributed by atoms with Gasteiger partial charge in [0, 0.05) is 32.4 Å². The smallest absolute Gasteiger partial charge is 0.407 e. The van der Waals surface area contributed by atoms with Crippen LogP contribution in [-0.4, -0.2) is 66.4 Å². The number of methoxy groups -OCH3 is 1. The lowest BCUT2D eigenvalue weighted by Gasteiger charge is -2.26. The quantitative estimate of drug-likeness (QED) is 0.596. The highest BCUT2D eigenvalue weighted by molar-refractivity contribution is 5.90. The summed E-state index contributed by atoms with van der Waals surface area (Å²) in [5, 5.41) is 12.2. The molecule has 2 aromatic carbocycles. The van der Waals surface area contributed by atoms with Crippen LogP contribution in [-0.2, 0) is 19.1 Å². The molecule has 1 aliphatic heterocycles. The van der Waals surface area contributed by atoms with E-state index in [0.29, 0.717) is 0 Å². The largest absolute Gasteiger partial charge is 0.480 e. The summed E-state index contributed by atoms with van der Waals surface area (Å²) < 4.78 is 10.8. The Bertz CT molecular complexity index is 1140. The first-order valence-corrected chi connectivity index (χ1v) is 11.5. The van der Waals surface area contributed by atoms with Crippen molar-refractivity contribution < 1.29 is 29.0 Å². The van der Waals surface area contributed by atoms with Crippen molar-refractivity contribution in [2.75, 3.05) is 20.3 Å². The van der Waals surface area contributed by atoms with Crippen molar-refractivity contribution in [3.8, 4) is 23.0 Å². The number of carbonyl (C=O) groups excluding carboxylic acids is 2. The van der Waals surface area contributed by atoms with E-state index in [9.17, 15) is 19.5 Å². The second kappa shape index (κ2) is 10.6. The predicted octanol–water partition coefficient (Wildman–Crippen LogP) is 3.01. The van der Waals surface area contributed by atoms with E-state index in [4.69, 9.17) is 9.47 Å². The van der Waals surface area contributed by atoms with Crippen LogP contribution in [0.4, 0.5) is 4.79 Å². The number of amides is 2. The maximum atomic E-state index is 13.2. The van der Waals surface area contributed by atoms with Crippen LogP contribution in [0.15, 0.2) is 48.5 Å². The molecule has 2 aromatic rings. The van der Waals surface area contributed by atoms with Gasteiger partial charge in [-0.1, -0.05) is 48.5 Å². The van der Waals surface area contributed by atoms with Crippen molar-refractivity contribution in [3.63, 3.8) is 0 Å². The zero-order valence-electron chi connectivity index (χ0n) is 19.7. The lowest BCUT2D eigenvalue weighted by Crippen LogP contribution is -2.52. The minimum absolute atomic E-state index is 0.0417. The third-order valence-electron chi connectivity index (χ3n) is 6.58. The number of benzene rings is 2. The lowest BCUT2D eigenvalue weighted by atomic mass is 9.98. The molecule has 0 spiro atoms. The molecule has 3 atom stereocenters. The van der Waals surface area contributed by atoms with E-state index in [2.05, 4.69) is 29.3 Å². The Kier molecular flexibility index (Phi) is 7.37. The number of likely N-dealkylation sites (tertiary alicyclic amines) is 1. The fraction of sp³-hybridized carbons (Fsp3) is 0.370. The van der Waals surface area contributed by atoms with Gasteiger partial charge in [0.25, 0.3) is 0 Å². The Morgan fingerprint density at radius 2 is 1.74 bits per heavy atom. The molecule has 1 fully saturated rings. The summed E-state index contributed by atoms with van der Waals surface area (Å²) in [6.45, 7) is 1.87. The molecular formula is C27H28N2O6. The molecule has 2 amide bonds. The topological polar surface area (TPSA) is 105 Å². The highest BCUT2D eigenvalue weighted by Crippen LogP contribution is 2.44. The number of nitrogens with zero attached hydrogens (tertiary/aromatic N) is 1. The van der Waals surface area contributed by atoms with E-state index in [0.717, 1.165) is 22.3 Å². The zero-order valence-corrected chi connectivity index (χ0v) is 19.7. The van der Waals surface area contributed by atoms with Gasteiger partial charge in [-0.05, 0) is 29.2 Å². The van der Waals surface area contributed by atoms with Crippen molar-refractivity contribution in [2.45, 2.75) is 43.9 Å². The van der Waals surface area contributed by atoms with Crippen LogP contribution in [0.25, 0.3) is 11.1 Å². The zero-order chi connectivity index (χ0) is 24.9. The van der Waals surface area contributed by atoms with Gasteiger partial charge in [-0.15, -0.1) is 11.8 Å². The molecule has 2 aliphatic rings. The Morgan fingerprint density at radius 3 is 2.31 bits per heavy atom. The van der Waals surface area contributed by atoms with Crippen molar-refractivity contribution in [1.29, 1.82) is 0 Å². The van der Waals surface area contributed by atoms with E-state index in [1.807, 2.05) is 36.4 Å². The molecule has 0 saturated carbocycles. The number of nitrogens with one attached hydrogen (secondary N) is 1. The molecule has 8 nitrogen and oxygen atoms in total. The fourth-order valence-electron chi connectivity index (χ4n) is 4.83. The molecule has 8 heteroatoms. The number of rotatable bonds is 7. The molecule has 35 heavy (non-hydrogen) atoms. The van der Waals surface area contributed by atoms with Gasteiger partial charge in [0.2, 0.25) is 5.91 Å². The second-order valence-corrected chi connectivity index (χ2v) is 8.59. The van der Waals surface area contributed by atoms with E-state index in [-0.39, 0.29) is 38.0 Å². The van der Waals surface area contributed by atoms with Gasteiger partial charge >= 0.3 is 12.1 Å². The van der Waals surface area contributed by atoms with Crippen LogP contribution in [0.5, 0.6) is 0 Å². The van der Waals surface area contributed by atoms with Crippen LogP contribution >= 0.6 is 0 Å². The molecule has 0 bridgehead atoms. The number of hydrogen-bond acceptors (Lipinski definition) is 5. The molecule has 1 aliphatic carbocycles. The molecule has 2 N–H and O–H groups in total. The minimum atomic E-state index is -1.11. The van der Waals surface area contributed by atoms with Crippen molar-refractivity contribution in [2.24, 2.45) is 0 Å². The summed E-state index contributed by atoms with van der Waals surface area (Å²) in [4.78, 5) is 38.9. The molecule has 3 unspecified atom stereocenters. The van der Waals surface area contributed by atoms with Crippen LogP contribution in [0.1, 0.15) is 36.8 Å². The number of carbonyl (C=O) groups is 3. The highest BCUT2D eigenvalue weighted by atomic mass is 16.5. The number of hydrogen-bond donors (Lipinski definition) is 2. The van der Waals surface area contributed by atoms with Gasteiger partial charge in [-0.2, -0.15) is 0 Å². The number of ether oxygens (including phenoxy) is 2. The van der Waals surface area contributed by atoms with Crippen LogP contribution in [0.3, 0.4) is 0 Å². The van der Waals surface area contributed by atoms with E-state index in [1.165, 1.54) is 12.0 Å². The van der Waals surface area contributed by atoms with Gasteiger partial charge in [-0.3, -0.25) is 4.79 Å². The van der Waals surface area contributed by atoms with E-state index < -0.39 is 30.1 Å². The molecule has 182 valence electrons. The number of carboxylic acids is 1. The summed E-state index contributed by atoms with van der Waals surface area (Å²) in [6.07, 6.45) is -0.903. The highest BCUT2D eigenvalue weighted by Gasteiger charge is 2.42. The van der Waals surface area contributed by atoms with Gasteiger partial charge in [0.05, 0.1) is 6.10 Å². The number of alkyl carbamates (subject to hydrolysis) is 1. The van der Waals surface area contributed by atoms with Crippen LogP contribution < -0.4 is 5.32 Å². The van der Waals surface area contributed by atoms with Gasteiger partial charge in [0.15, 0.2) is 0 Å². The summed E-state index contributed by atoms with van der Waals surface area (Å²) in [5.41, 5.74) is 4.39. The Hall–Kier alpha value is -3.83. The standard InChI is InChI=1S/C27H28N2O6/c1-3-4-13-23(25(30)29-15-17(34-2)14-24(29)26(31)32)28-27(33)35-16-22-20-11-7-5-9-18(20)19-10-6-8-12-21(19)22/h5-12,17,22-24H,13-16H2,1-2H3,(H,28,33)(H,31,32). The Balaban J connectivity index is 1.45. The Morgan fingerprint density at radius 1 is 1.11 bits per heavy atom. The maximum Gasteiger partial charge on any atom is 0.407 e. The number of aliphatic carboxylic acids is 1. The van der Waals surface area contributed by atoms with Gasteiger partial charge in [-0.25, -0.2) is 9.59 Å².